The van der Waals surface area contributed by atoms with Gasteiger partial charge in [0.05, 0.1) is 18.3 Å². The van der Waals surface area contributed by atoms with E-state index in [2.05, 4.69) is 0 Å². The van der Waals surface area contributed by atoms with Crippen LogP contribution >= 0.6 is 0 Å². The lowest BCUT2D eigenvalue weighted by atomic mass is 9.90. The summed E-state index contributed by atoms with van der Waals surface area (Å²) in [5, 5.41) is 10.2. The largest absolute Gasteiger partial charge is 0.387 e. The zero-order valence-corrected chi connectivity index (χ0v) is 8.71. The van der Waals surface area contributed by atoms with E-state index < -0.39 is 5.60 Å². The molecule has 3 nitrogen and oxygen atoms in total. The predicted octanol–water partition coefficient (Wildman–Crippen LogP) is 1.49. The maximum Gasteiger partial charge on any atom is 0.0882 e. The summed E-state index contributed by atoms with van der Waals surface area (Å²) in [6.07, 6.45) is 6.43. The van der Waals surface area contributed by atoms with E-state index in [-0.39, 0.29) is 0 Å². The maximum absolute atomic E-state index is 10.2. The molecule has 1 N–H and O–H groups in total. The zero-order valence-electron chi connectivity index (χ0n) is 8.71. The average molecular weight is 200 g/mol. The molecule has 0 aromatic heterocycles. The Morgan fingerprint density at radius 1 is 1.29 bits per heavy atom. The maximum atomic E-state index is 10.2. The third-order valence-corrected chi connectivity index (χ3v) is 3.26. The molecule has 3 heteroatoms. The molecule has 0 radical (unpaired) electrons. The summed E-state index contributed by atoms with van der Waals surface area (Å²) in [5.74, 6) is 0. The van der Waals surface area contributed by atoms with E-state index in [0.29, 0.717) is 12.7 Å². The van der Waals surface area contributed by atoms with Crippen LogP contribution in [0.25, 0.3) is 0 Å². The Labute approximate surface area is 85.4 Å². The minimum Gasteiger partial charge on any atom is -0.387 e. The first kappa shape index (κ1) is 10.4. The van der Waals surface area contributed by atoms with Crippen LogP contribution in [-0.4, -0.2) is 36.6 Å². The second-order valence-electron chi connectivity index (χ2n) is 4.55. The van der Waals surface area contributed by atoms with Crippen LogP contribution in [-0.2, 0) is 9.47 Å². The van der Waals surface area contributed by atoms with Crippen molar-refractivity contribution < 1.29 is 14.6 Å². The molecule has 14 heavy (non-hydrogen) atoms. The summed E-state index contributed by atoms with van der Waals surface area (Å²) >= 11 is 0. The molecule has 0 saturated carbocycles. The number of hydrogen-bond acceptors (Lipinski definition) is 3. The van der Waals surface area contributed by atoms with Gasteiger partial charge in [-0.15, -0.1) is 0 Å². The van der Waals surface area contributed by atoms with Crippen molar-refractivity contribution in [3.63, 3.8) is 0 Å². The molecule has 2 aliphatic heterocycles. The summed E-state index contributed by atoms with van der Waals surface area (Å²) in [4.78, 5) is 0. The Kier molecular flexibility index (Phi) is 3.42. The highest BCUT2D eigenvalue weighted by Crippen LogP contribution is 2.27. The zero-order chi connectivity index (χ0) is 9.86. The Morgan fingerprint density at radius 3 is 2.86 bits per heavy atom. The van der Waals surface area contributed by atoms with Gasteiger partial charge in [0.25, 0.3) is 0 Å². The van der Waals surface area contributed by atoms with Gasteiger partial charge < -0.3 is 14.6 Å². The molecule has 0 bridgehead atoms. The van der Waals surface area contributed by atoms with Crippen molar-refractivity contribution in [2.45, 2.75) is 50.2 Å². The molecule has 2 aliphatic rings. The van der Waals surface area contributed by atoms with E-state index in [0.717, 1.165) is 45.3 Å². The summed E-state index contributed by atoms with van der Waals surface area (Å²) in [5.41, 5.74) is -0.565. The minimum absolute atomic E-state index is 0.390. The minimum atomic E-state index is -0.565. The molecule has 0 spiro atoms. The van der Waals surface area contributed by atoms with Gasteiger partial charge in [-0.2, -0.15) is 0 Å². The molecule has 0 aromatic rings. The lowest BCUT2D eigenvalue weighted by Gasteiger charge is -2.32. The predicted molar refractivity (Wildman–Crippen MR) is 53.2 cm³/mol. The van der Waals surface area contributed by atoms with Crippen LogP contribution in [0.2, 0.25) is 0 Å². The van der Waals surface area contributed by atoms with Crippen molar-refractivity contribution in [2.24, 2.45) is 0 Å². The smallest absolute Gasteiger partial charge is 0.0882 e. The second-order valence-corrected chi connectivity index (χ2v) is 4.55. The molecular formula is C11H20O3. The molecule has 0 amide bonds. The van der Waals surface area contributed by atoms with E-state index in [9.17, 15) is 5.11 Å². The Balaban J connectivity index is 1.72. The lowest BCUT2D eigenvalue weighted by Crippen LogP contribution is -2.39. The number of aliphatic hydroxyl groups is 1. The molecule has 2 heterocycles. The third kappa shape index (κ3) is 2.69. The quantitative estimate of drug-likeness (QED) is 0.750. The first-order chi connectivity index (χ1) is 6.79. The summed E-state index contributed by atoms with van der Waals surface area (Å²) in [6.45, 7) is 2.22. The highest BCUT2D eigenvalue weighted by Gasteiger charge is 2.31. The Hall–Kier alpha value is -0.120. The number of ether oxygens (including phenoxy) is 2. The molecular weight excluding hydrogens is 180 g/mol. The molecule has 2 saturated heterocycles. The van der Waals surface area contributed by atoms with Crippen molar-refractivity contribution in [3.05, 3.63) is 0 Å². The van der Waals surface area contributed by atoms with Crippen molar-refractivity contribution in [2.75, 3.05) is 19.8 Å². The van der Waals surface area contributed by atoms with Gasteiger partial charge in [-0.05, 0) is 38.5 Å². The summed E-state index contributed by atoms with van der Waals surface area (Å²) in [7, 11) is 0. The van der Waals surface area contributed by atoms with Gasteiger partial charge in [0, 0.05) is 13.2 Å². The van der Waals surface area contributed by atoms with Crippen molar-refractivity contribution in [1.29, 1.82) is 0 Å². The normalized spacial score (nSPS) is 38.8. The molecule has 0 aliphatic carbocycles. The number of hydrogen-bond donors (Lipinski definition) is 1. The molecule has 2 fully saturated rings. The van der Waals surface area contributed by atoms with Gasteiger partial charge in [0.15, 0.2) is 0 Å². The van der Waals surface area contributed by atoms with Gasteiger partial charge in [-0.1, -0.05) is 0 Å². The van der Waals surface area contributed by atoms with Crippen LogP contribution < -0.4 is 0 Å². The van der Waals surface area contributed by atoms with E-state index in [1.807, 2.05) is 0 Å². The first-order valence-corrected chi connectivity index (χ1v) is 5.70. The van der Waals surface area contributed by atoms with Gasteiger partial charge in [0.2, 0.25) is 0 Å². The lowest BCUT2D eigenvalue weighted by molar-refractivity contribution is -0.0949. The second kappa shape index (κ2) is 4.60. The topological polar surface area (TPSA) is 38.7 Å². The van der Waals surface area contributed by atoms with Gasteiger partial charge in [0.1, 0.15) is 0 Å². The van der Waals surface area contributed by atoms with Crippen LogP contribution in [0.4, 0.5) is 0 Å². The van der Waals surface area contributed by atoms with Gasteiger partial charge in [-0.25, -0.2) is 0 Å². The van der Waals surface area contributed by atoms with Crippen LogP contribution in [0.3, 0.4) is 0 Å². The van der Waals surface area contributed by atoms with Crippen LogP contribution in [0.5, 0.6) is 0 Å². The van der Waals surface area contributed by atoms with Crippen molar-refractivity contribution in [1.82, 2.24) is 0 Å². The third-order valence-electron chi connectivity index (χ3n) is 3.26. The van der Waals surface area contributed by atoms with Crippen LogP contribution in [0.15, 0.2) is 0 Å². The van der Waals surface area contributed by atoms with Crippen molar-refractivity contribution >= 4 is 0 Å². The molecule has 82 valence electrons. The molecule has 0 aromatic carbocycles. The van der Waals surface area contributed by atoms with E-state index >= 15 is 0 Å². The van der Waals surface area contributed by atoms with Crippen LogP contribution in [0.1, 0.15) is 38.5 Å². The fraction of sp³-hybridized carbons (Fsp3) is 1.00. The van der Waals surface area contributed by atoms with Crippen LogP contribution in [0, 0.1) is 0 Å². The molecule has 2 atom stereocenters. The highest BCUT2D eigenvalue weighted by molar-refractivity contribution is 4.82. The molecule has 2 rings (SSSR count). The SMILES string of the molecule is OC1(CCC2CCCO2)CCCOC1. The van der Waals surface area contributed by atoms with Crippen molar-refractivity contribution in [3.8, 4) is 0 Å². The van der Waals surface area contributed by atoms with Gasteiger partial charge in [-0.3, -0.25) is 0 Å². The first-order valence-electron chi connectivity index (χ1n) is 5.70. The highest BCUT2D eigenvalue weighted by atomic mass is 16.5. The standard InChI is InChI=1S/C11H20O3/c12-11(5-2-7-13-9-11)6-4-10-3-1-8-14-10/h10,12H,1-9H2. The fourth-order valence-electron chi connectivity index (χ4n) is 2.34. The van der Waals surface area contributed by atoms with E-state index in [4.69, 9.17) is 9.47 Å². The summed E-state index contributed by atoms with van der Waals surface area (Å²) in [6, 6.07) is 0. The Bertz CT molecular complexity index is 169. The summed E-state index contributed by atoms with van der Waals surface area (Å²) < 4.78 is 10.8. The fourth-order valence-corrected chi connectivity index (χ4v) is 2.34. The molecule has 2 unspecified atom stereocenters. The average Bonchev–Trinajstić information content (AvgIpc) is 2.69. The van der Waals surface area contributed by atoms with E-state index in [1.165, 1.54) is 6.42 Å². The van der Waals surface area contributed by atoms with E-state index in [1.54, 1.807) is 0 Å². The Morgan fingerprint density at radius 2 is 2.21 bits per heavy atom. The van der Waals surface area contributed by atoms with Gasteiger partial charge >= 0.3 is 0 Å². The monoisotopic (exact) mass is 200 g/mol. The number of rotatable bonds is 3.